The molecule has 1 amide bonds. The van der Waals surface area contributed by atoms with E-state index >= 15 is 0 Å². The first-order valence-corrected chi connectivity index (χ1v) is 6.64. The largest absolute Gasteiger partial charge is 0.340 e. The van der Waals surface area contributed by atoms with Gasteiger partial charge in [0.25, 0.3) is 0 Å². The minimum Gasteiger partial charge on any atom is -0.340 e. The fourth-order valence-corrected chi connectivity index (χ4v) is 2.18. The van der Waals surface area contributed by atoms with Gasteiger partial charge in [-0.15, -0.1) is 0 Å². The smallest absolute Gasteiger partial charge is 0.236 e. The SMILES string of the molecule is C[C@@H]1CN(CC(=O)N(CCC#N)CCC#N)CCN1. The van der Waals surface area contributed by atoms with Crippen molar-refractivity contribution in [3.63, 3.8) is 0 Å². The predicted octanol–water partition coefficient (Wildman–Crippen LogP) is -0.0639. The lowest BCUT2D eigenvalue weighted by Crippen LogP contribution is -2.52. The van der Waals surface area contributed by atoms with Crippen molar-refractivity contribution < 1.29 is 4.79 Å². The molecule has 1 aliphatic rings. The molecule has 6 heteroatoms. The second-order valence-corrected chi connectivity index (χ2v) is 4.79. The highest BCUT2D eigenvalue weighted by molar-refractivity contribution is 5.78. The van der Waals surface area contributed by atoms with Crippen molar-refractivity contribution in [1.82, 2.24) is 15.1 Å². The van der Waals surface area contributed by atoms with Crippen LogP contribution in [0.5, 0.6) is 0 Å². The minimum atomic E-state index is 0.0135. The van der Waals surface area contributed by atoms with E-state index < -0.39 is 0 Å². The third kappa shape index (κ3) is 5.69. The van der Waals surface area contributed by atoms with Gasteiger partial charge in [0.1, 0.15) is 0 Å². The molecule has 1 N–H and O–H groups in total. The molecule has 1 aliphatic heterocycles. The number of rotatable bonds is 6. The average molecular weight is 263 g/mol. The third-order valence-corrected chi connectivity index (χ3v) is 3.15. The van der Waals surface area contributed by atoms with Crippen LogP contribution < -0.4 is 5.32 Å². The van der Waals surface area contributed by atoms with E-state index in [0.717, 1.165) is 19.6 Å². The molecule has 1 fully saturated rings. The van der Waals surface area contributed by atoms with Crippen LogP contribution in [0.3, 0.4) is 0 Å². The van der Waals surface area contributed by atoms with Crippen LogP contribution in [-0.4, -0.2) is 61.0 Å². The van der Waals surface area contributed by atoms with Crippen LogP contribution in [0.2, 0.25) is 0 Å². The van der Waals surface area contributed by atoms with E-state index in [0.29, 0.717) is 38.5 Å². The molecular formula is C13H21N5O. The van der Waals surface area contributed by atoms with Crippen LogP contribution in [-0.2, 0) is 4.79 Å². The zero-order valence-electron chi connectivity index (χ0n) is 11.4. The summed E-state index contributed by atoms with van der Waals surface area (Å²) in [6, 6.07) is 4.48. The van der Waals surface area contributed by atoms with Crippen molar-refractivity contribution in [2.24, 2.45) is 0 Å². The molecule has 0 radical (unpaired) electrons. The summed E-state index contributed by atoms with van der Waals surface area (Å²) in [5.41, 5.74) is 0. The Bertz CT molecular complexity index is 352. The van der Waals surface area contributed by atoms with Crippen LogP contribution in [0.25, 0.3) is 0 Å². The van der Waals surface area contributed by atoms with Gasteiger partial charge >= 0.3 is 0 Å². The topological polar surface area (TPSA) is 83.2 Å². The lowest BCUT2D eigenvalue weighted by atomic mass is 10.2. The van der Waals surface area contributed by atoms with Crippen molar-refractivity contribution in [3.8, 4) is 12.1 Å². The molecule has 0 aromatic rings. The second-order valence-electron chi connectivity index (χ2n) is 4.79. The Labute approximate surface area is 114 Å². The Hall–Kier alpha value is -1.63. The van der Waals surface area contributed by atoms with Crippen LogP contribution >= 0.6 is 0 Å². The van der Waals surface area contributed by atoms with Gasteiger partial charge in [-0.25, -0.2) is 0 Å². The molecule has 0 saturated carbocycles. The number of carbonyl (C=O) groups excluding carboxylic acids is 1. The van der Waals surface area contributed by atoms with Crippen molar-refractivity contribution in [1.29, 1.82) is 10.5 Å². The summed E-state index contributed by atoms with van der Waals surface area (Å²) >= 11 is 0. The zero-order chi connectivity index (χ0) is 14.1. The van der Waals surface area contributed by atoms with E-state index in [4.69, 9.17) is 10.5 Å². The Balaban J connectivity index is 2.46. The fourth-order valence-electron chi connectivity index (χ4n) is 2.18. The normalized spacial score (nSPS) is 19.4. The van der Waals surface area contributed by atoms with Crippen molar-refractivity contribution >= 4 is 5.91 Å². The van der Waals surface area contributed by atoms with E-state index in [1.165, 1.54) is 0 Å². The molecule has 0 unspecified atom stereocenters. The van der Waals surface area contributed by atoms with Crippen LogP contribution in [0, 0.1) is 22.7 Å². The molecular weight excluding hydrogens is 242 g/mol. The molecule has 0 spiro atoms. The highest BCUT2D eigenvalue weighted by Gasteiger charge is 2.20. The molecule has 0 aliphatic carbocycles. The highest BCUT2D eigenvalue weighted by Crippen LogP contribution is 2.02. The van der Waals surface area contributed by atoms with Gasteiger partial charge in [-0.3, -0.25) is 9.69 Å². The Morgan fingerprint density at radius 2 is 2.00 bits per heavy atom. The monoisotopic (exact) mass is 263 g/mol. The van der Waals surface area contributed by atoms with Gasteiger partial charge in [-0.1, -0.05) is 0 Å². The molecule has 0 aromatic heterocycles. The average Bonchev–Trinajstić information content (AvgIpc) is 2.38. The number of nitrogens with zero attached hydrogens (tertiary/aromatic N) is 4. The third-order valence-electron chi connectivity index (χ3n) is 3.15. The molecule has 1 saturated heterocycles. The molecule has 0 bridgehead atoms. The van der Waals surface area contributed by atoms with Gasteiger partial charge in [0.15, 0.2) is 0 Å². The maximum absolute atomic E-state index is 12.2. The summed E-state index contributed by atoms with van der Waals surface area (Å²) in [6.45, 7) is 5.92. The van der Waals surface area contributed by atoms with Gasteiger partial charge < -0.3 is 10.2 Å². The molecule has 0 aromatic carbocycles. The summed E-state index contributed by atoms with van der Waals surface area (Å²) in [6.07, 6.45) is 0.629. The van der Waals surface area contributed by atoms with Crippen LogP contribution in [0.4, 0.5) is 0 Å². The summed E-state index contributed by atoms with van der Waals surface area (Å²) in [7, 11) is 0. The number of piperazine rings is 1. The highest BCUT2D eigenvalue weighted by atomic mass is 16.2. The molecule has 1 heterocycles. The van der Waals surface area contributed by atoms with Crippen LogP contribution in [0.15, 0.2) is 0 Å². The lowest BCUT2D eigenvalue weighted by Gasteiger charge is -2.32. The van der Waals surface area contributed by atoms with E-state index in [9.17, 15) is 4.79 Å². The van der Waals surface area contributed by atoms with Crippen molar-refractivity contribution in [3.05, 3.63) is 0 Å². The second kappa shape index (κ2) is 8.47. The number of nitriles is 2. The number of carbonyl (C=O) groups is 1. The summed E-state index contributed by atoms with van der Waals surface area (Å²) in [4.78, 5) is 15.9. The standard InChI is InChI=1S/C13H21N5O/c1-12-10-17(9-6-16-12)11-13(19)18(7-2-4-14)8-3-5-15/h12,16H,2-3,6-11H2,1H3/t12-/m1/s1. The van der Waals surface area contributed by atoms with Gasteiger partial charge in [-0.2, -0.15) is 10.5 Å². The Kier molecular flexibility index (Phi) is 6.88. The summed E-state index contributed by atoms with van der Waals surface area (Å²) in [5, 5.41) is 20.5. The van der Waals surface area contributed by atoms with Crippen LogP contribution in [0.1, 0.15) is 19.8 Å². The molecule has 1 atom stereocenters. The first-order valence-electron chi connectivity index (χ1n) is 6.64. The summed E-state index contributed by atoms with van der Waals surface area (Å²) < 4.78 is 0. The van der Waals surface area contributed by atoms with E-state index in [1.54, 1.807) is 4.90 Å². The van der Waals surface area contributed by atoms with E-state index in [1.807, 2.05) is 12.1 Å². The molecule has 6 nitrogen and oxygen atoms in total. The predicted molar refractivity (Wildman–Crippen MR) is 70.9 cm³/mol. The quantitative estimate of drug-likeness (QED) is 0.725. The number of hydrogen-bond donors (Lipinski definition) is 1. The van der Waals surface area contributed by atoms with Gasteiger partial charge in [-0.05, 0) is 6.92 Å². The zero-order valence-corrected chi connectivity index (χ0v) is 11.4. The maximum Gasteiger partial charge on any atom is 0.236 e. The van der Waals surface area contributed by atoms with Crippen molar-refractivity contribution in [2.45, 2.75) is 25.8 Å². The van der Waals surface area contributed by atoms with E-state index in [2.05, 4.69) is 17.1 Å². The maximum atomic E-state index is 12.2. The summed E-state index contributed by atoms with van der Waals surface area (Å²) in [5.74, 6) is 0.0135. The van der Waals surface area contributed by atoms with Crippen molar-refractivity contribution in [2.75, 3.05) is 39.3 Å². The lowest BCUT2D eigenvalue weighted by molar-refractivity contribution is -0.132. The van der Waals surface area contributed by atoms with E-state index in [-0.39, 0.29) is 5.91 Å². The molecule has 19 heavy (non-hydrogen) atoms. The van der Waals surface area contributed by atoms with Gasteiger partial charge in [0, 0.05) is 38.8 Å². The van der Waals surface area contributed by atoms with Gasteiger partial charge in [0.05, 0.1) is 31.5 Å². The molecule has 104 valence electrons. The number of nitrogens with one attached hydrogen (secondary N) is 1. The molecule has 1 rings (SSSR count). The number of amides is 1. The number of hydrogen-bond acceptors (Lipinski definition) is 5. The van der Waals surface area contributed by atoms with Gasteiger partial charge in [0.2, 0.25) is 5.91 Å². The Morgan fingerprint density at radius 3 is 2.53 bits per heavy atom. The first kappa shape index (κ1) is 15.4. The minimum absolute atomic E-state index is 0.0135. The first-order chi connectivity index (χ1) is 9.17. The Morgan fingerprint density at radius 1 is 1.37 bits per heavy atom. The fraction of sp³-hybridized carbons (Fsp3) is 0.769.